The van der Waals surface area contributed by atoms with Crippen LogP contribution in [-0.2, 0) is 10.0 Å². The minimum Gasteiger partial charge on any atom is -0.281 e. The van der Waals surface area contributed by atoms with Crippen molar-refractivity contribution in [2.24, 2.45) is 5.92 Å². The molecular formula is C12H23N3O2S. The van der Waals surface area contributed by atoms with Crippen molar-refractivity contribution < 1.29 is 8.42 Å². The first-order chi connectivity index (χ1) is 8.24. The third kappa shape index (κ3) is 3.81. The van der Waals surface area contributed by atoms with Crippen LogP contribution < -0.4 is 4.72 Å². The van der Waals surface area contributed by atoms with Gasteiger partial charge in [0.2, 0.25) is 10.0 Å². The Balaban J connectivity index is 2.77. The number of aromatic nitrogens is 2. The SMILES string of the molecule is Cc1n[nH]c(C)c1S(=O)(=O)NC(C)CCC(C)C. The van der Waals surface area contributed by atoms with Crippen LogP contribution in [0, 0.1) is 19.8 Å². The summed E-state index contributed by atoms with van der Waals surface area (Å²) in [5, 5.41) is 6.62. The summed E-state index contributed by atoms with van der Waals surface area (Å²) in [6.45, 7) is 9.56. The van der Waals surface area contributed by atoms with E-state index in [0.29, 0.717) is 17.3 Å². The third-order valence-electron chi connectivity index (χ3n) is 2.86. The fourth-order valence-corrected chi connectivity index (χ4v) is 3.55. The van der Waals surface area contributed by atoms with Crippen LogP contribution in [-0.4, -0.2) is 24.7 Å². The van der Waals surface area contributed by atoms with Crippen molar-refractivity contribution in [2.45, 2.75) is 58.4 Å². The van der Waals surface area contributed by atoms with Crippen LogP contribution in [0.1, 0.15) is 45.0 Å². The van der Waals surface area contributed by atoms with Gasteiger partial charge in [-0.2, -0.15) is 5.10 Å². The van der Waals surface area contributed by atoms with Crippen molar-refractivity contribution in [2.75, 3.05) is 0 Å². The standard InChI is InChI=1S/C12H23N3O2S/c1-8(2)6-7-9(3)15-18(16,17)12-10(4)13-14-11(12)5/h8-9,15H,6-7H2,1-5H3,(H,13,14). The molecule has 1 heterocycles. The van der Waals surface area contributed by atoms with Crippen molar-refractivity contribution in [1.29, 1.82) is 0 Å². The van der Waals surface area contributed by atoms with Gasteiger partial charge in [-0.1, -0.05) is 13.8 Å². The van der Waals surface area contributed by atoms with E-state index in [-0.39, 0.29) is 10.9 Å². The first-order valence-corrected chi connectivity index (χ1v) is 7.76. The van der Waals surface area contributed by atoms with Crippen LogP contribution in [0.15, 0.2) is 4.90 Å². The number of H-pyrrole nitrogens is 1. The molecule has 1 aromatic rings. The molecule has 0 saturated heterocycles. The normalized spacial score (nSPS) is 14.1. The molecule has 0 spiro atoms. The van der Waals surface area contributed by atoms with Gasteiger partial charge in [0.15, 0.2) is 0 Å². The number of nitrogens with zero attached hydrogens (tertiary/aromatic N) is 1. The van der Waals surface area contributed by atoms with Crippen LogP contribution in [0.25, 0.3) is 0 Å². The second kappa shape index (κ2) is 5.84. The Bertz CT molecular complexity index is 472. The third-order valence-corrected chi connectivity index (χ3v) is 4.71. The second-order valence-corrected chi connectivity index (χ2v) is 6.91. The lowest BCUT2D eigenvalue weighted by molar-refractivity contribution is 0.485. The Morgan fingerprint density at radius 2 is 1.83 bits per heavy atom. The lowest BCUT2D eigenvalue weighted by Crippen LogP contribution is -2.33. The molecule has 0 aliphatic carbocycles. The van der Waals surface area contributed by atoms with E-state index in [0.717, 1.165) is 12.8 Å². The first kappa shape index (κ1) is 15.2. The zero-order chi connectivity index (χ0) is 13.9. The summed E-state index contributed by atoms with van der Waals surface area (Å²) in [5.41, 5.74) is 1.09. The van der Waals surface area contributed by atoms with Gasteiger partial charge < -0.3 is 0 Å². The first-order valence-electron chi connectivity index (χ1n) is 6.28. The summed E-state index contributed by atoms with van der Waals surface area (Å²) < 4.78 is 27.1. The molecular weight excluding hydrogens is 250 g/mol. The minimum absolute atomic E-state index is 0.0638. The van der Waals surface area contributed by atoms with E-state index >= 15 is 0 Å². The van der Waals surface area contributed by atoms with Crippen LogP contribution in [0.3, 0.4) is 0 Å². The van der Waals surface area contributed by atoms with E-state index in [9.17, 15) is 8.42 Å². The van der Waals surface area contributed by atoms with Gasteiger partial charge in [0.25, 0.3) is 0 Å². The fourth-order valence-electron chi connectivity index (χ4n) is 1.90. The van der Waals surface area contributed by atoms with Crippen molar-refractivity contribution >= 4 is 10.0 Å². The van der Waals surface area contributed by atoms with Crippen molar-refractivity contribution in [1.82, 2.24) is 14.9 Å². The van der Waals surface area contributed by atoms with Gasteiger partial charge in [0.1, 0.15) is 4.90 Å². The maximum Gasteiger partial charge on any atom is 0.244 e. The average molecular weight is 273 g/mol. The molecule has 1 unspecified atom stereocenters. The minimum atomic E-state index is -3.47. The van der Waals surface area contributed by atoms with Crippen molar-refractivity contribution in [3.63, 3.8) is 0 Å². The van der Waals surface area contributed by atoms with Gasteiger partial charge in [-0.15, -0.1) is 0 Å². The topological polar surface area (TPSA) is 74.8 Å². The van der Waals surface area contributed by atoms with E-state index in [4.69, 9.17) is 0 Å². The number of aromatic amines is 1. The molecule has 1 aromatic heterocycles. The number of sulfonamides is 1. The molecule has 0 fully saturated rings. The Morgan fingerprint density at radius 3 is 2.28 bits per heavy atom. The van der Waals surface area contributed by atoms with Crippen molar-refractivity contribution in [3.05, 3.63) is 11.4 Å². The molecule has 1 atom stereocenters. The summed E-state index contributed by atoms with van der Waals surface area (Å²) >= 11 is 0. The predicted molar refractivity (Wildman–Crippen MR) is 71.9 cm³/mol. The summed E-state index contributed by atoms with van der Waals surface area (Å²) in [6.07, 6.45) is 1.85. The molecule has 0 amide bonds. The summed E-state index contributed by atoms with van der Waals surface area (Å²) in [6, 6.07) is -0.0638. The molecule has 0 bridgehead atoms. The largest absolute Gasteiger partial charge is 0.281 e. The number of aryl methyl sites for hydroxylation is 2. The monoisotopic (exact) mass is 273 g/mol. The summed E-state index contributed by atoms with van der Waals surface area (Å²) in [4.78, 5) is 0.277. The Morgan fingerprint density at radius 1 is 1.22 bits per heavy atom. The maximum absolute atomic E-state index is 12.2. The second-order valence-electron chi connectivity index (χ2n) is 5.26. The number of rotatable bonds is 6. The molecule has 18 heavy (non-hydrogen) atoms. The molecule has 104 valence electrons. The lowest BCUT2D eigenvalue weighted by atomic mass is 10.1. The maximum atomic E-state index is 12.2. The Labute approximate surface area is 109 Å². The number of nitrogens with one attached hydrogen (secondary N) is 2. The number of hydrogen-bond donors (Lipinski definition) is 2. The zero-order valence-electron chi connectivity index (χ0n) is 11.7. The molecule has 5 nitrogen and oxygen atoms in total. The fraction of sp³-hybridized carbons (Fsp3) is 0.750. The Kier molecular flexibility index (Phi) is 4.92. The smallest absolute Gasteiger partial charge is 0.244 e. The average Bonchev–Trinajstić information content (AvgIpc) is 2.55. The molecule has 0 aromatic carbocycles. The van der Waals surface area contributed by atoms with E-state index in [1.807, 2.05) is 6.92 Å². The highest BCUT2D eigenvalue weighted by molar-refractivity contribution is 7.89. The summed E-state index contributed by atoms with van der Waals surface area (Å²) in [7, 11) is -3.47. The van der Waals surface area contributed by atoms with Gasteiger partial charge in [0.05, 0.1) is 11.4 Å². The molecule has 1 rings (SSSR count). The molecule has 0 aliphatic heterocycles. The zero-order valence-corrected chi connectivity index (χ0v) is 12.6. The predicted octanol–water partition coefficient (Wildman–Crippen LogP) is 2.13. The van der Waals surface area contributed by atoms with Crippen molar-refractivity contribution in [3.8, 4) is 0 Å². The highest BCUT2D eigenvalue weighted by Gasteiger charge is 2.23. The van der Waals surface area contributed by atoms with E-state index in [1.54, 1.807) is 13.8 Å². The van der Waals surface area contributed by atoms with Crippen LogP contribution in [0.2, 0.25) is 0 Å². The van der Waals surface area contributed by atoms with Gasteiger partial charge in [0, 0.05) is 6.04 Å². The summed E-state index contributed by atoms with van der Waals surface area (Å²) in [5.74, 6) is 0.578. The molecule has 6 heteroatoms. The van der Waals surface area contributed by atoms with E-state index in [2.05, 4.69) is 28.8 Å². The molecule has 0 radical (unpaired) electrons. The number of hydrogen-bond acceptors (Lipinski definition) is 3. The van der Waals surface area contributed by atoms with Crippen LogP contribution in [0.5, 0.6) is 0 Å². The van der Waals surface area contributed by atoms with E-state index in [1.165, 1.54) is 0 Å². The molecule has 0 aliphatic rings. The van der Waals surface area contributed by atoms with Crippen LogP contribution >= 0.6 is 0 Å². The van der Waals surface area contributed by atoms with E-state index < -0.39 is 10.0 Å². The van der Waals surface area contributed by atoms with Gasteiger partial charge in [-0.25, -0.2) is 13.1 Å². The van der Waals surface area contributed by atoms with Gasteiger partial charge in [-0.05, 0) is 39.5 Å². The Hall–Kier alpha value is -0.880. The van der Waals surface area contributed by atoms with Gasteiger partial charge >= 0.3 is 0 Å². The highest BCUT2D eigenvalue weighted by Crippen LogP contribution is 2.17. The highest BCUT2D eigenvalue weighted by atomic mass is 32.2. The lowest BCUT2D eigenvalue weighted by Gasteiger charge is -2.15. The van der Waals surface area contributed by atoms with Gasteiger partial charge in [-0.3, -0.25) is 5.10 Å². The van der Waals surface area contributed by atoms with Crippen LogP contribution in [0.4, 0.5) is 0 Å². The molecule has 2 N–H and O–H groups in total. The molecule has 0 saturated carbocycles. The quantitative estimate of drug-likeness (QED) is 0.833.